The van der Waals surface area contributed by atoms with Crippen LogP contribution in [0.5, 0.6) is 5.75 Å². The number of hydrogen-bond acceptors (Lipinski definition) is 3. The standard InChI is InChI=1S/C19H30N4O2/c1-3-21-19(23-12-6-7-15(14-23)13-18(20)24)22-11-10-16-8-4-5-9-17(16)25-2/h4-5,8-9,15H,3,6-7,10-14H2,1-2H3,(H2,20,24)(H,21,22). The summed E-state index contributed by atoms with van der Waals surface area (Å²) in [4.78, 5) is 18.2. The van der Waals surface area contributed by atoms with Gasteiger partial charge in [0.25, 0.3) is 0 Å². The van der Waals surface area contributed by atoms with Gasteiger partial charge in [-0.2, -0.15) is 0 Å². The van der Waals surface area contributed by atoms with E-state index in [4.69, 9.17) is 15.5 Å². The lowest BCUT2D eigenvalue weighted by atomic mass is 9.95. The van der Waals surface area contributed by atoms with Gasteiger partial charge in [-0.05, 0) is 43.7 Å². The molecule has 1 unspecified atom stereocenters. The first-order valence-electron chi connectivity index (χ1n) is 9.07. The van der Waals surface area contributed by atoms with Crippen LogP contribution in [0.1, 0.15) is 31.7 Å². The molecule has 1 aliphatic rings. The molecule has 0 saturated carbocycles. The molecule has 1 aliphatic heterocycles. The number of guanidine groups is 1. The van der Waals surface area contributed by atoms with Crippen LogP contribution in [0.25, 0.3) is 0 Å². The molecule has 138 valence electrons. The lowest BCUT2D eigenvalue weighted by molar-refractivity contribution is -0.119. The van der Waals surface area contributed by atoms with Crippen molar-refractivity contribution in [3.63, 3.8) is 0 Å². The van der Waals surface area contributed by atoms with Crippen molar-refractivity contribution in [1.82, 2.24) is 10.2 Å². The molecule has 1 atom stereocenters. The highest BCUT2D eigenvalue weighted by molar-refractivity contribution is 5.80. The number of likely N-dealkylation sites (tertiary alicyclic amines) is 1. The molecular formula is C19H30N4O2. The Balaban J connectivity index is 1.98. The van der Waals surface area contributed by atoms with Crippen LogP contribution in [0.4, 0.5) is 0 Å². The monoisotopic (exact) mass is 346 g/mol. The van der Waals surface area contributed by atoms with E-state index >= 15 is 0 Å². The minimum absolute atomic E-state index is 0.218. The normalized spacial score (nSPS) is 18.1. The van der Waals surface area contributed by atoms with Crippen LogP contribution in [0, 0.1) is 5.92 Å². The Morgan fingerprint density at radius 2 is 2.24 bits per heavy atom. The number of benzene rings is 1. The van der Waals surface area contributed by atoms with E-state index < -0.39 is 0 Å². The van der Waals surface area contributed by atoms with E-state index in [-0.39, 0.29) is 5.91 Å². The summed E-state index contributed by atoms with van der Waals surface area (Å²) in [6.45, 7) is 5.39. The lowest BCUT2D eigenvalue weighted by Gasteiger charge is -2.34. The Morgan fingerprint density at radius 3 is 2.96 bits per heavy atom. The predicted molar refractivity (Wildman–Crippen MR) is 101 cm³/mol. The average molecular weight is 346 g/mol. The minimum atomic E-state index is -0.218. The van der Waals surface area contributed by atoms with E-state index in [0.717, 1.165) is 56.2 Å². The maximum atomic E-state index is 11.2. The molecule has 0 aromatic heterocycles. The fraction of sp³-hybridized carbons (Fsp3) is 0.579. The van der Waals surface area contributed by atoms with Gasteiger partial charge in [-0.3, -0.25) is 9.79 Å². The number of para-hydroxylation sites is 1. The number of carbonyl (C=O) groups excluding carboxylic acids is 1. The first-order valence-corrected chi connectivity index (χ1v) is 9.07. The van der Waals surface area contributed by atoms with E-state index in [1.165, 1.54) is 0 Å². The Bertz CT molecular complexity index is 589. The summed E-state index contributed by atoms with van der Waals surface area (Å²) in [5, 5.41) is 3.37. The minimum Gasteiger partial charge on any atom is -0.496 e. The van der Waals surface area contributed by atoms with Gasteiger partial charge >= 0.3 is 0 Å². The molecule has 1 saturated heterocycles. The van der Waals surface area contributed by atoms with Gasteiger partial charge in [0, 0.05) is 32.6 Å². The molecule has 1 heterocycles. The number of nitrogens with two attached hydrogens (primary N) is 1. The summed E-state index contributed by atoms with van der Waals surface area (Å²) < 4.78 is 5.40. The number of nitrogens with one attached hydrogen (secondary N) is 1. The van der Waals surface area contributed by atoms with E-state index in [9.17, 15) is 4.79 Å². The number of ether oxygens (including phenoxy) is 1. The predicted octanol–water partition coefficient (Wildman–Crippen LogP) is 1.79. The number of aliphatic imine (C=N–C) groups is 1. The van der Waals surface area contributed by atoms with Crippen molar-refractivity contribution in [2.24, 2.45) is 16.6 Å². The van der Waals surface area contributed by atoms with Crippen molar-refractivity contribution in [2.45, 2.75) is 32.6 Å². The van der Waals surface area contributed by atoms with E-state index in [1.54, 1.807) is 7.11 Å². The molecule has 0 spiro atoms. The fourth-order valence-electron chi connectivity index (χ4n) is 3.33. The van der Waals surface area contributed by atoms with Crippen molar-refractivity contribution >= 4 is 11.9 Å². The maximum Gasteiger partial charge on any atom is 0.217 e. The highest BCUT2D eigenvalue weighted by Gasteiger charge is 2.23. The Kier molecular flexibility index (Phi) is 7.57. The van der Waals surface area contributed by atoms with Gasteiger partial charge in [-0.25, -0.2) is 0 Å². The Morgan fingerprint density at radius 1 is 1.44 bits per heavy atom. The summed E-state index contributed by atoms with van der Waals surface area (Å²) >= 11 is 0. The van der Waals surface area contributed by atoms with E-state index in [0.29, 0.717) is 18.9 Å². The molecule has 1 aromatic carbocycles. The van der Waals surface area contributed by atoms with Crippen molar-refractivity contribution < 1.29 is 9.53 Å². The number of hydrogen-bond donors (Lipinski definition) is 2. The van der Waals surface area contributed by atoms with Gasteiger partial charge < -0.3 is 20.7 Å². The third-order valence-electron chi connectivity index (χ3n) is 4.48. The second-order valence-electron chi connectivity index (χ2n) is 6.42. The molecule has 2 rings (SSSR count). The average Bonchev–Trinajstić information content (AvgIpc) is 2.61. The number of rotatable bonds is 7. The van der Waals surface area contributed by atoms with Crippen LogP contribution in [0.3, 0.4) is 0 Å². The number of carbonyl (C=O) groups is 1. The number of nitrogens with zero attached hydrogens (tertiary/aromatic N) is 2. The number of methoxy groups -OCH3 is 1. The molecule has 6 nitrogen and oxygen atoms in total. The van der Waals surface area contributed by atoms with Gasteiger partial charge in [-0.1, -0.05) is 18.2 Å². The molecule has 1 fully saturated rings. The second kappa shape index (κ2) is 9.91. The Labute approximate surface area is 150 Å². The fourth-order valence-corrected chi connectivity index (χ4v) is 3.33. The largest absolute Gasteiger partial charge is 0.496 e. The number of primary amides is 1. The molecule has 3 N–H and O–H groups in total. The molecule has 0 bridgehead atoms. The smallest absolute Gasteiger partial charge is 0.217 e. The quantitative estimate of drug-likeness (QED) is 0.583. The molecule has 0 aliphatic carbocycles. The first kappa shape index (κ1) is 19.1. The third-order valence-corrected chi connectivity index (χ3v) is 4.48. The Hall–Kier alpha value is -2.24. The highest BCUT2D eigenvalue weighted by atomic mass is 16.5. The highest BCUT2D eigenvalue weighted by Crippen LogP contribution is 2.20. The number of piperidine rings is 1. The summed E-state index contributed by atoms with van der Waals surface area (Å²) in [6.07, 6.45) is 3.41. The third kappa shape index (κ3) is 5.96. The summed E-state index contributed by atoms with van der Waals surface area (Å²) in [5.41, 5.74) is 6.52. The van der Waals surface area contributed by atoms with Gasteiger partial charge in [0.15, 0.2) is 5.96 Å². The van der Waals surface area contributed by atoms with E-state index in [1.807, 2.05) is 18.2 Å². The molecule has 0 radical (unpaired) electrons. The van der Waals surface area contributed by atoms with Gasteiger partial charge in [0.1, 0.15) is 5.75 Å². The molecular weight excluding hydrogens is 316 g/mol. The van der Waals surface area contributed by atoms with Crippen molar-refractivity contribution in [2.75, 3.05) is 33.3 Å². The van der Waals surface area contributed by atoms with Crippen LogP contribution < -0.4 is 15.8 Å². The van der Waals surface area contributed by atoms with Crippen LogP contribution in [0.15, 0.2) is 29.3 Å². The number of amides is 1. The summed E-state index contributed by atoms with van der Waals surface area (Å²) in [5.74, 6) is 1.93. The molecule has 6 heteroatoms. The first-order chi connectivity index (χ1) is 12.1. The zero-order valence-corrected chi connectivity index (χ0v) is 15.3. The lowest BCUT2D eigenvalue weighted by Crippen LogP contribution is -2.47. The molecule has 25 heavy (non-hydrogen) atoms. The van der Waals surface area contributed by atoms with Crippen molar-refractivity contribution in [1.29, 1.82) is 0 Å². The van der Waals surface area contributed by atoms with Crippen molar-refractivity contribution in [3.8, 4) is 5.75 Å². The summed E-state index contributed by atoms with van der Waals surface area (Å²) in [7, 11) is 1.69. The zero-order valence-electron chi connectivity index (χ0n) is 15.3. The maximum absolute atomic E-state index is 11.2. The van der Waals surface area contributed by atoms with Gasteiger partial charge in [0.2, 0.25) is 5.91 Å². The van der Waals surface area contributed by atoms with Crippen LogP contribution in [-0.4, -0.2) is 50.1 Å². The molecule has 1 amide bonds. The van der Waals surface area contributed by atoms with Crippen molar-refractivity contribution in [3.05, 3.63) is 29.8 Å². The van der Waals surface area contributed by atoms with E-state index in [2.05, 4.69) is 23.2 Å². The van der Waals surface area contributed by atoms with Gasteiger partial charge in [-0.15, -0.1) is 0 Å². The SMILES string of the molecule is CCNC(=NCCc1ccccc1OC)N1CCCC(CC(N)=O)C1. The van der Waals surface area contributed by atoms with Crippen LogP contribution >= 0.6 is 0 Å². The van der Waals surface area contributed by atoms with Crippen LogP contribution in [-0.2, 0) is 11.2 Å². The topological polar surface area (TPSA) is 80.0 Å². The zero-order chi connectivity index (χ0) is 18.1. The molecule has 1 aromatic rings. The second-order valence-corrected chi connectivity index (χ2v) is 6.42. The van der Waals surface area contributed by atoms with Crippen LogP contribution in [0.2, 0.25) is 0 Å². The summed E-state index contributed by atoms with van der Waals surface area (Å²) in [6, 6.07) is 8.04. The van der Waals surface area contributed by atoms with Gasteiger partial charge in [0.05, 0.1) is 7.11 Å².